The Bertz CT molecular complexity index is 577. The van der Waals surface area contributed by atoms with Gasteiger partial charge in [-0.15, -0.1) is 0 Å². The SMILES string of the molecule is CC(C)C[C@H](N)C(=O)N[C@H](C(=O)NCC(=O)C[P+](O)(O)CC1CCCCC1)C(C)C. The third kappa shape index (κ3) is 10.3. The molecule has 1 saturated carbocycles. The van der Waals surface area contributed by atoms with E-state index in [-0.39, 0.29) is 36.6 Å². The van der Waals surface area contributed by atoms with Crippen LogP contribution >= 0.6 is 7.72 Å². The fraction of sp³-hybridized carbons (Fsp3) is 0.857. The zero-order chi connectivity index (χ0) is 22.9. The van der Waals surface area contributed by atoms with Crippen molar-refractivity contribution in [3.05, 3.63) is 0 Å². The lowest BCUT2D eigenvalue weighted by atomic mass is 9.91. The Morgan fingerprint density at radius 1 is 1.03 bits per heavy atom. The lowest BCUT2D eigenvalue weighted by Gasteiger charge is -2.24. The molecule has 0 radical (unpaired) electrons. The van der Waals surface area contributed by atoms with E-state index in [9.17, 15) is 24.2 Å². The molecule has 1 aliphatic rings. The van der Waals surface area contributed by atoms with Crippen molar-refractivity contribution in [2.45, 2.75) is 78.3 Å². The zero-order valence-corrected chi connectivity index (χ0v) is 19.8. The van der Waals surface area contributed by atoms with Gasteiger partial charge < -0.3 is 16.4 Å². The fourth-order valence-electron chi connectivity index (χ4n) is 3.89. The van der Waals surface area contributed by atoms with Crippen LogP contribution in [0.25, 0.3) is 0 Å². The first-order valence-corrected chi connectivity index (χ1v) is 13.2. The molecule has 1 rings (SSSR count). The maximum atomic E-state index is 12.5. The Kier molecular flexibility index (Phi) is 11.4. The highest BCUT2D eigenvalue weighted by atomic mass is 31.2. The number of carbonyl (C=O) groups is 3. The summed E-state index contributed by atoms with van der Waals surface area (Å²) in [6.45, 7) is 7.23. The van der Waals surface area contributed by atoms with Gasteiger partial charge in [-0.05, 0) is 37.0 Å². The number of hydrogen-bond acceptors (Lipinski definition) is 6. The number of nitrogens with one attached hydrogen (secondary N) is 2. The Morgan fingerprint density at radius 3 is 2.17 bits per heavy atom. The summed E-state index contributed by atoms with van der Waals surface area (Å²) >= 11 is 0. The van der Waals surface area contributed by atoms with E-state index in [1.165, 1.54) is 6.42 Å². The van der Waals surface area contributed by atoms with Gasteiger partial charge in [-0.25, -0.2) is 9.79 Å². The van der Waals surface area contributed by atoms with E-state index in [2.05, 4.69) is 10.6 Å². The van der Waals surface area contributed by atoms with Crippen LogP contribution in [0.15, 0.2) is 0 Å². The first-order valence-electron chi connectivity index (χ1n) is 11.1. The van der Waals surface area contributed by atoms with Crippen molar-refractivity contribution in [1.29, 1.82) is 0 Å². The second-order valence-corrected chi connectivity index (χ2v) is 11.9. The van der Waals surface area contributed by atoms with Crippen LogP contribution in [0.5, 0.6) is 0 Å². The van der Waals surface area contributed by atoms with Gasteiger partial charge in [-0.3, -0.25) is 14.4 Å². The quantitative estimate of drug-likeness (QED) is 0.288. The van der Waals surface area contributed by atoms with Gasteiger partial charge in [0.2, 0.25) is 11.8 Å². The minimum absolute atomic E-state index is 0.191. The number of carbonyl (C=O) groups excluding carboxylic acids is 3. The van der Waals surface area contributed by atoms with Crippen molar-refractivity contribution in [2.75, 3.05) is 18.9 Å². The summed E-state index contributed by atoms with van der Waals surface area (Å²) < 4.78 is 0. The van der Waals surface area contributed by atoms with Gasteiger partial charge in [0, 0.05) is 0 Å². The van der Waals surface area contributed by atoms with Gasteiger partial charge in [0.1, 0.15) is 12.2 Å². The average molecular weight is 447 g/mol. The number of nitrogens with two attached hydrogens (primary N) is 1. The Labute approximate surface area is 181 Å². The van der Waals surface area contributed by atoms with Gasteiger partial charge in [0.05, 0.1) is 12.6 Å². The van der Waals surface area contributed by atoms with Crippen LogP contribution < -0.4 is 16.4 Å². The Balaban J connectivity index is 2.51. The fourth-order valence-corrected chi connectivity index (χ4v) is 5.89. The van der Waals surface area contributed by atoms with Crippen LogP contribution in [0.3, 0.4) is 0 Å². The molecular weight excluding hydrogens is 405 g/mol. The Hall–Kier alpha value is -1.08. The van der Waals surface area contributed by atoms with Gasteiger partial charge in [-0.1, -0.05) is 47.0 Å². The first kappa shape index (κ1) is 27.0. The van der Waals surface area contributed by atoms with Crippen LogP contribution in [-0.2, 0) is 14.4 Å². The third-order valence-corrected chi connectivity index (χ3v) is 7.43. The monoisotopic (exact) mass is 446 g/mol. The minimum atomic E-state index is -3.31. The maximum absolute atomic E-state index is 12.5. The second kappa shape index (κ2) is 12.7. The van der Waals surface area contributed by atoms with Crippen LogP contribution in [-0.4, -0.2) is 58.3 Å². The predicted octanol–water partition coefficient (Wildman–Crippen LogP) is 1.60. The first-order chi connectivity index (χ1) is 13.9. The van der Waals surface area contributed by atoms with E-state index < -0.39 is 37.4 Å². The van der Waals surface area contributed by atoms with E-state index in [0.29, 0.717) is 6.42 Å². The normalized spacial score (nSPS) is 17.6. The average Bonchev–Trinajstić information content (AvgIpc) is 2.63. The second-order valence-electron chi connectivity index (χ2n) is 9.45. The minimum Gasteiger partial charge on any atom is -0.347 e. The molecule has 1 fully saturated rings. The van der Waals surface area contributed by atoms with E-state index in [0.717, 1.165) is 25.7 Å². The van der Waals surface area contributed by atoms with Crippen molar-refractivity contribution in [3.63, 3.8) is 0 Å². The molecule has 1 aliphatic carbocycles. The van der Waals surface area contributed by atoms with E-state index in [1.807, 2.05) is 13.8 Å². The lowest BCUT2D eigenvalue weighted by molar-refractivity contribution is -0.131. The molecule has 9 heteroatoms. The largest absolute Gasteiger partial charge is 0.347 e. The third-order valence-electron chi connectivity index (χ3n) is 5.47. The van der Waals surface area contributed by atoms with Gasteiger partial charge in [-0.2, -0.15) is 0 Å². The molecule has 0 spiro atoms. The molecule has 6 N–H and O–H groups in total. The lowest BCUT2D eigenvalue weighted by Crippen LogP contribution is -2.54. The summed E-state index contributed by atoms with van der Waals surface area (Å²) in [7, 11) is -3.31. The van der Waals surface area contributed by atoms with Crippen molar-refractivity contribution >= 4 is 25.3 Å². The number of rotatable bonds is 12. The van der Waals surface area contributed by atoms with Crippen LogP contribution in [0.1, 0.15) is 66.2 Å². The van der Waals surface area contributed by atoms with Gasteiger partial charge >= 0.3 is 0 Å². The van der Waals surface area contributed by atoms with E-state index >= 15 is 0 Å². The van der Waals surface area contributed by atoms with Crippen molar-refractivity contribution in [1.82, 2.24) is 10.6 Å². The van der Waals surface area contributed by atoms with Crippen LogP contribution in [0.4, 0.5) is 0 Å². The molecule has 2 amide bonds. The molecule has 30 heavy (non-hydrogen) atoms. The highest BCUT2D eigenvalue weighted by Gasteiger charge is 2.39. The van der Waals surface area contributed by atoms with Crippen molar-refractivity contribution in [3.8, 4) is 0 Å². The van der Waals surface area contributed by atoms with Crippen molar-refractivity contribution in [2.24, 2.45) is 23.5 Å². The molecular formula is C21H41N3O5P+. The predicted molar refractivity (Wildman–Crippen MR) is 120 cm³/mol. The highest BCUT2D eigenvalue weighted by molar-refractivity contribution is 7.65. The number of hydrogen-bond donors (Lipinski definition) is 5. The zero-order valence-electron chi connectivity index (χ0n) is 18.9. The standard InChI is InChI=1S/C21H40N3O5P/c1-14(2)10-18(22)20(26)24-19(15(3)4)21(27)23-11-17(25)13-30(28,29)12-16-8-6-5-7-9-16/h14-16,18-19,28-29H,5-13,22H2,1-4H3,(H-,23,24,26,27)/p+1/t18-,19-/m0/s1. The molecule has 0 heterocycles. The number of Topliss-reactive ketones (excluding diaryl/α,β-unsaturated/α-hetero) is 1. The molecule has 0 aromatic rings. The van der Waals surface area contributed by atoms with E-state index in [4.69, 9.17) is 5.73 Å². The Morgan fingerprint density at radius 2 is 1.63 bits per heavy atom. The molecule has 0 saturated heterocycles. The summed E-state index contributed by atoms with van der Waals surface area (Å²) in [6.07, 6.45) is 5.80. The molecule has 0 unspecified atom stereocenters. The molecule has 0 aromatic carbocycles. The van der Waals surface area contributed by atoms with Gasteiger partial charge in [0.15, 0.2) is 11.9 Å². The van der Waals surface area contributed by atoms with Crippen molar-refractivity contribution < 1.29 is 24.2 Å². The van der Waals surface area contributed by atoms with E-state index in [1.54, 1.807) is 13.8 Å². The molecule has 0 aliphatic heterocycles. The molecule has 8 nitrogen and oxygen atoms in total. The smallest absolute Gasteiger partial charge is 0.275 e. The topological polar surface area (TPSA) is 142 Å². The summed E-state index contributed by atoms with van der Waals surface area (Å²) in [4.78, 5) is 57.6. The van der Waals surface area contributed by atoms with Crippen LogP contribution in [0, 0.1) is 17.8 Å². The number of ketones is 1. The highest BCUT2D eigenvalue weighted by Crippen LogP contribution is 2.52. The molecule has 0 aromatic heterocycles. The summed E-state index contributed by atoms with van der Waals surface area (Å²) in [5, 5.41) is 5.20. The molecule has 174 valence electrons. The summed E-state index contributed by atoms with van der Waals surface area (Å²) in [5.41, 5.74) is 5.89. The number of amides is 2. The van der Waals surface area contributed by atoms with Gasteiger partial charge in [0.25, 0.3) is 7.72 Å². The van der Waals surface area contributed by atoms with Crippen LogP contribution in [0.2, 0.25) is 0 Å². The summed E-state index contributed by atoms with van der Waals surface area (Å²) in [5.74, 6) is -0.960. The summed E-state index contributed by atoms with van der Waals surface area (Å²) in [6, 6.07) is -1.51. The maximum Gasteiger partial charge on any atom is 0.275 e. The molecule has 2 atom stereocenters. The molecule has 0 bridgehead atoms.